The Bertz CT molecular complexity index is 727. The Morgan fingerprint density at radius 1 is 1.20 bits per heavy atom. The van der Waals surface area contributed by atoms with Crippen molar-refractivity contribution in [2.75, 3.05) is 20.8 Å². The number of benzene rings is 1. The third-order valence-corrected chi connectivity index (χ3v) is 5.15. The van der Waals surface area contributed by atoms with Crippen LogP contribution < -0.4 is 9.47 Å². The molecule has 6 heteroatoms. The molecule has 25 heavy (non-hydrogen) atoms. The molecule has 0 N–H and O–H groups in total. The van der Waals surface area contributed by atoms with Crippen LogP contribution >= 0.6 is 0 Å². The van der Waals surface area contributed by atoms with Gasteiger partial charge < -0.3 is 19.2 Å². The molecule has 0 bridgehead atoms. The molecule has 0 aliphatic carbocycles. The van der Waals surface area contributed by atoms with Gasteiger partial charge in [-0.1, -0.05) is 0 Å². The highest BCUT2D eigenvalue weighted by Crippen LogP contribution is 2.42. The summed E-state index contributed by atoms with van der Waals surface area (Å²) in [6.07, 6.45) is 1.48. The molecular weight excluding hydrogens is 322 g/mol. The predicted octanol–water partition coefficient (Wildman–Crippen LogP) is 2.09. The number of fused-ring (bicyclic) bond motifs is 3. The minimum Gasteiger partial charge on any atom is -0.493 e. The van der Waals surface area contributed by atoms with Gasteiger partial charge in [0.05, 0.1) is 26.7 Å². The van der Waals surface area contributed by atoms with Gasteiger partial charge in [-0.25, -0.2) is 0 Å². The molecule has 1 saturated heterocycles. The molecule has 134 valence electrons. The number of ketones is 2. The van der Waals surface area contributed by atoms with Crippen LogP contribution in [0.5, 0.6) is 11.5 Å². The Balaban J connectivity index is 1.90. The fourth-order valence-corrected chi connectivity index (χ4v) is 3.78. The first kappa shape index (κ1) is 17.5. The molecule has 1 amide bonds. The number of hydrogen-bond acceptors (Lipinski definition) is 5. The lowest BCUT2D eigenvalue weighted by Crippen LogP contribution is -2.49. The molecule has 0 aromatic heterocycles. The van der Waals surface area contributed by atoms with Crippen molar-refractivity contribution in [1.82, 2.24) is 4.90 Å². The van der Waals surface area contributed by atoms with E-state index in [1.54, 1.807) is 19.1 Å². The van der Waals surface area contributed by atoms with Crippen LogP contribution in [0.3, 0.4) is 0 Å². The second-order valence-electron chi connectivity index (χ2n) is 6.75. The minimum atomic E-state index is -0.253. The number of ether oxygens (including phenoxy) is 2. The van der Waals surface area contributed by atoms with E-state index >= 15 is 0 Å². The van der Waals surface area contributed by atoms with Crippen molar-refractivity contribution in [2.45, 2.75) is 38.6 Å². The van der Waals surface area contributed by atoms with Crippen LogP contribution in [-0.2, 0) is 20.8 Å². The monoisotopic (exact) mass is 345 g/mol. The molecule has 6 nitrogen and oxygen atoms in total. The standard InChI is InChI=1S/C19H23NO5/c1-11(21)4-5-12-10-20-15(9-16(12)22)14-8-18(25-3)17(24-2)6-13(14)7-19(20)23/h6,8,12,15H,4-5,7,9-10H2,1-3H3. The van der Waals surface area contributed by atoms with Crippen LogP contribution in [0.2, 0.25) is 0 Å². The van der Waals surface area contributed by atoms with Gasteiger partial charge in [-0.05, 0) is 36.6 Å². The third-order valence-electron chi connectivity index (χ3n) is 5.15. The zero-order valence-electron chi connectivity index (χ0n) is 14.8. The highest BCUT2D eigenvalue weighted by Gasteiger charge is 2.41. The summed E-state index contributed by atoms with van der Waals surface area (Å²) in [6.45, 7) is 1.92. The van der Waals surface area contributed by atoms with Crippen molar-refractivity contribution in [3.63, 3.8) is 0 Å². The minimum absolute atomic E-state index is 0.0186. The molecule has 2 aliphatic heterocycles. The number of amides is 1. The van der Waals surface area contributed by atoms with E-state index in [2.05, 4.69) is 0 Å². The second-order valence-corrected chi connectivity index (χ2v) is 6.75. The van der Waals surface area contributed by atoms with E-state index < -0.39 is 0 Å². The number of carbonyl (C=O) groups excluding carboxylic acids is 3. The molecular formula is C19H23NO5. The van der Waals surface area contributed by atoms with E-state index in [9.17, 15) is 14.4 Å². The zero-order chi connectivity index (χ0) is 18.1. The normalized spacial score (nSPS) is 22.3. The Morgan fingerprint density at radius 3 is 2.52 bits per heavy atom. The molecule has 2 heterocycles. The lowest BCUT2D eigenvalue weighted by atomic mass is 9.80. The number of carbonyl (C=O) groups is 3. The first-order valence-electron chi connectivity index (χ1n) is 8.51. The van der Waals surface area contributed by atoms with E-state index in [0.717, 1.165) is 11.1 Å². The van der Waals surface area contributed by atoms with E-state index in [0.29, 0.717) is 37.3 Å². The third kappa shape index (κ3) is 3.25. The van der Waals surface area contributed by atoms with Crippen LogP contribution in [0.15, 0.2) is 12.1 Å². The number of methoxy groups -OCH3 is 2. The van der Waals surface area contributed by atoms with Gasteiger partial charge in [0, 0.05) is 25.3 Å². The van der Waals surface area contributed by atoms with Crippen LogP contribution in [0.25, 0.3) is 0 Å². The van der Waals surface area contributed by atoms with Gasteiger partial charge >= 0.3 is 0 Å². The first-order chi connectivity index (χ1) is 11.9. The van der Waals surface area contributed by atoms with E-state index in [1.165, 1.54) is 6.92 Å². The molecule has 2 atom stereocenters. The van der Waals surface area contributed by atoms with Crippen molar-refractivity contribution in [1.29, 1.82) is 0 Å². The van der Waals surface area contributed by atoms with Gasteiger partial charge in [0.15, 0.2) is 11.5 Å². The highest BCUT2D eigenvalue weighted by atomic mass is 16.5. The van der Waals surface area contributed by atoms with E-state index in [-0.39, 0.29) is 35.9 Å². The number of piperidine rings is 1. The van der Waals surface area contributed by atoms with Gasteiger partial charge in [-0.3, -0.25) is 9.59 Å². The maximum atomic E-state index is 12.6. The van der Waals surface area contributed by atoms with Gasteiger partial charge in [0.25, 0.3) is 0 Å². The summed E-state index contributed by atoms with van der Waals surface area (Å²) in [6, 6.07) is 3.45. The van der Waals surface area contributed by atoms with Gasteiger partial charge in [0.1, 0.15) is 11.6 Å². The van der Waals surface area contributed by atoms with E-state index in [1.807, 2.05) is 12.1 Å². The summed E-state index contributed by atoms with van der Waals surface area (Å²) in [5, 5.41) is 0. The summed E-state index contributed by atoms with van der Waals surface area (Å²) in [4.78, 5) is 38.2. The number of nitrogens with zero attached hydrogens (tertiary/aromatic N) is 1. The van der Waals surface area contributed by atoms with Crippen LogP contribution in [0.1, 0.15) is 43.4 Å². The number of Topliss-reactive ketones (excluding diaryl/α,β-unsaturated/α-hetero) is 2. The van der Waals surface area contributed by atoms with Crippen LogP contribution in [-0.4, -0.2) is 43.1 Å². The fraction of sp³-hybridized carbons (Fsp3) is 0.526. The SMILES string of the molecule is COc1cc2c(cc1OC)C1CC(=O)C(CCC(C)=O)CN1C(=O)C2. The molecule has 3 rings (SSSR count). The Labute approximate surface area is 147 Å². The average Bonchev–Trinajstić information content (AvgIpc) is 2.59. The van der Waals surface area contributed by atoms with Gasteiger partial charge in [0.2, 0.25) is 5.91 Å². The summed E-state index contributed by atoms with van der Waals surface area (Å²) in [7, 11) is 3.13. The topological polar surface area (TPSA) is 72.9 Å². The zero-order valence-corrected chi connectivity index (χ0v) is 14.8. The molecule has 0 spiro atoms. The van der Waals surface area contributed by atoms with E-state index in [4.69, 9.17) is 9.47 Å². The predicted molar refractivity (Wildman–Crippen MR) is 90.7 cm³/mol. The average molecular weight is 345 g/mol. The summed E-state index contributed by atoms with van der Waals surface area (Å²) in [5.41, 5.74) is 1.84. The number of hydrogen-bond donors (Lipinski definition) is 0. The van der Waals surface area contributed by atoms with Gasteiger partial charge in [-0.2, -0.15) is 0 Å². The fourth-order valence-electron chi connectivity index (χ4n) is 3.78. The van der Waals surface area contributed by atoms with Crippen molar-refractivity contribution in [3.05, 3.63) is 23.3 Å². The summed E-state index contributed by atoms with van der Waals surface area (Å²) >= 11 is 0. The molecule has 0 saturated carbocycles. The maximum absolute atomic E-state index is 12.6. The maximum Gasteiger partial charge on any atom is 0.227 e. The summed E-state index contributed by atoms with van der Waals surface area (Å²) in [5.74, 6) is 1.15. The van der Waals surface area contributed by atoms with Crippen molar-refractivity contribution >= 4 is 17.5 Å². The molecule has 2 unspecified atom stereocenters. The summed E-state index contributed by atoms with van der Waals surface area (Å²) < 4.78 is 10.7. The molecule has 2 aliphatic rings. The largest absolute Gasteiger partial charge is 0.493 e. The molecule has 1 fully saturated rings. The lowest BCUT2D eigenvalue weighted by Gasteiger charge is -2.43. The second kappa shape index (κ2) is 6.86. The molecule has 1 aromatic carbocycles. The van der Waals surface area contributed by atoms with Crippen molar-refractivity contribution in [3.8, 4) is 11.5 Å². The van der Waals surface area contributed by atoms with Crippen LogP contribution in [0.4, 0.5) is 0 Å². The van der Waals surface area contributed by atoms with Gasteiger partial charge in [-0.15, -0.1) is 0 Å². The number of rotatable bonds is 5. The highest BCUT2D eigenvalue weighted by molar-refractivity contribution is 5.89. The van der Waals surface area contributed by atoms with Crippen LogP contribution in [0, 0.1) is 5.92 Å². The Morgan fingerprint density at radius 2 is 1.88 bits per heavy atom. The first-order valence-corrected chi connectivity index (χ1v) is 8.51. The molecule has 1 aromatic rings. The van der Waals surface area contributed by atoms with Crippen molar-refractivity contribution in [2.24, 2.45) is 5.92 Å². The smallest absolute Gasteiger partial charge is 0.227 e. The Kier molecular flexibility index (Phi) is 4.79. The Hall–Kier alpha value is -2.37. The lowest BCUT2D eigenvalue weighted by molar-refractivity contribution is -0.142. The quantitative estimate of drug-likeness (QED) is 0.817. The molecule has 0 radical (unpaired) electrons. The van der Waals surface area contributed by atoms with Crippen molar-refractivity contribution < 1.29 is 23.9 Å².